The maximum Gasteiger partial charge on any atom is 0.263 e. The zero-order chi connectivity index (χ0) is 21.3. The molecule has 7 heteroatoms. The van der Waals surface area contributed by atoms with Crippen LogP contribution < -0.4 is 14.8 Å². The van der Waals surface area contributed by atoms with Crippen LogP contribution in [0.2, 0.25) is 5.02 Å². The molecule has 0 unspecified atom stereocenters. The lowest BCUT2D eigenvalue weighted by atomic mass is 10.1. The molecule has 4 rings (SSSR count). The summed E-state index contributed by atoms with van der Waals surface area (Å²) >= 11 is 6.34. The van der Waals surface area contributed by atoms with Crippen molar-refractivity contribution in [3.05, 3.63) is 70.7 Å². The van der Waals surface area contributed by atoms with E-state index in [1.165, 1.54) is 14.2 Å². The molecule has 0 aliphatic carbocycles. The number of amides is 1. The van der Waals surface area contributed by atoms with Gasteiger partial charge in [0.1, 0.15) is 22.6 Å². The van der Waals surface area contributed by atoms with Crippen LogP contribution in [0, 0.1) is 6.92 Å². The second-order valence-electron chi connectivity index (χ2n) is 6.68. The lowest BCUT2D eigenvalue weighted by Crippen LogP contribution is -2.14. The van der Waals surface area contributed by atoms with Gasteiger partial charge in [-0.05, 0) is 55.0 Å². The molecule has 1 aromatic heterocycles. The predicted octanol–water partition coefficient (Wildman–Crippen LogP) is 5.73. The summed E-state index contributed by atoms with van der Waals surface area (Å²) in [6, 6.07) is 16.1. The van der Waals surface area contributed by atoms with Crippen LogP contribution in [0.4, 0.5) is 5.69 Å². The minimum atomic E-state index is -0.353. The molecule has 6 nitrogen and oxygen atoms in total. The first-order chi connectivity index (χ1) is 14.5. The van der Waals surface area contributed by atoms with Crippen molar-refractivity contribution in [2.24, 2.45) is 0 Å². The molecular weight excluding hydrogens is 404 g/mol. The lowest BCUT2D eigenvalue weighted by Gasteiger charge is -2.12. The molecule has 4 aromatic rings. The van der Waals surface area contributed by atoms with Gasteiger partial charge < -0.3 is 19.2 Å². The van der Waals surface area contributed by atoms with Gasteiger partial charge in [-0.25, -0.2) is 4.98 Å². The Bertz CT molecular complexity index is 1230. The fourth-order valence-electron chi connectivity index (χ4n) is 3.18. The second-order valence-corrected chi connectivity index (χ2v) is 7.08. The molecule has 0 bridgehead atoms. The molecule has 0 radical (unpaired) electrons. The summed E-state index contributed by atoms with van der Waals surface area (Å²) in [7, 11) is 3.01. The number of nitrogens with one attached hydrogen (secondary N) is 1. The molecule has 0 saturated heterocycles. The minimum absolute atomic E-state index is 0.315. The number of carbonyl (C=O) groups is 1. The monoisotopic (exact) mass is 422 g/mol. The third kappa shape index (κ3) is 3.69. The Morgan fingerprint density at radius 1 is 1.03 bits per heavy atom. The van der Waals surface area contributed by atoms with Gasteiger partial charge in [-0.15, -0.1) is 0 Å². The Balaban J connectivity index is 1.66. The summed E-state index contributed by atoms with van der Waals surface area (Å²) in [4.78, 5) is 17.4. The quantitative estimate of drug-likeness (QED) is 0.444. The van der Waals surface area contributed by atoms with Crippen molar-refractivity contribution in [1.82, 2.24) is 4.98 Å². The van der Waals surface area contributed by atoms with Crippen LogP contribution >= 0.6 is 11.6 Å². The van der Waals surface area contributed by atoms with E-state index < -0.39 is 0 Å². The molecule has 3 aromatic carbocycles. The van der Waals surface area contributed by atoms with E-state index in [1.807, 2.05) is 25.1 Å². The van der Waals surface area contributed by atoms with Crippen LogP contribution in [0.1, 0.15) is 15.9 Å². The maximum absolute atomic E-state index is 12.9. The first-order valence-corrected chi connectivity index (χ1v) is 9.57. The number of hydrogen-bond donors (Lipinski definition) is 1. The summed E-state index contributed by atoms with van der Waals surface area (Å²) in [5.41, 5.74) is 3.84. The van der Waals surface area contributed by atoms with Crippen LogP contribution in [-0.4, -0.2) is 25.1 Å². The predicted molar refractivity (Wildman–Crippen MR) is 117 cm³/mol. The van der Waals surface area contributed by atoms with Crippen LogP contribution in [0.3, 0.4) is 0 Å². The number of hydrogen-bond acceptors (Lipinski definition) is 5. The molecule has 0 saturated carbocycles. The highest BCUT2D eigenvalue weighted by Gasteiger charge is 2.19. The third-order valence-electron chi connectivity index (χ3n) is 4.66. The number of benzene rings is 3. The Labute approximate surface area is 178 Å². The van der Waals surface area contributed by atoms with E-state index >= 15 is 0 Å². The summed E-state index contributed by atoms with van der Waals surface area (Å²) < 4.78 is 16.5. The van der Waals surface area contributed by atoms with Crippen LogP contribution in [-0.2, 0) is 0 Å². The third-order valence-corrected chi connectivity index (χ3v) is 4.97. The summed E-state index contributed by atoms with van der Waals surface area (Å²) in [6.07, 6.45) is 0. The number of rotatable bonds is 5. The Hall–Kier alpha value is -3.51. The number of nitrogens with zero attached hydrogens (tertiary/aromatic N) is 1. The Morgan fingerprint density at radius 3 is 2.43 bits per heavy atom. The maximum atomic E-state index is 12.9. The average Bonchev–Trinajstić information content (AvgIpc) is 3.15. The molecule has 0 aliphatic rings. The fraction of sp³-hybridized carbons (Fsp3) is 0.130. The van der Waals surface area contributed by atoms with Gasteiger partial charge in [0.05, 0.1) is 24.8 Å². The molecule has 0 spiro atoms. The van der Waals surface area contributed by atoms with Crippen LogP contribution in [0.5, 0.6) is 11.5 Å². The van der Waals surface area contributed by atoms with Gasteiger partial charge in [0.15, 0.2) is 5.58 Å². The van der Waals surface area contributed by atoms with Gasteiger partial charge in [0.2, 0.25) is 5.89 Å². The number of aryl methyl sites for hydroxylation is 1. The number of ether oxygens (including phenoxy) is 2. The van der Waals surface area contributed by atoms with Crippen molar-refractivity contribution >= 4 is 34.3 Å². The number of methoxy groups -OCH3 is 2. The summed E-state index contributed by atoms with van der Waals surface area (Å²) in [6.45, 7) is 1.97. The minimum Gasteiger partial charge on any atom is -0.496 e. The molecule has 1 heterocycles. The van der Waals surface area contributed by atoms with Crippen molar-refractivity contribution < 1.29 is 18.7 Å². The van der Waals surface area contributed by atoms with Gasteiger partial charge in [-0.3, -0.25) is 4.79 Å². The Kier molecular flexibility index (Phi) is 5.33. The van der Waals surface area contributed by atoms with Crippen molar-refractivity contribution in [2.45, 2.75) is 6.92 Å². The number of halogens is 1. The summed E-state index contributed by atoms with van der Waals surface area (Å²) in [5, 5.41) is 3.43. The smallest absolute Gasteiger partial charge is 0.263 e. The standard InChI is InChI=1S/C23H19ClN2O4/c1-13-7-9-15(16(24)11-13)23-26-17-12-14(8-10-18(17)30-23)25-22(27)21-19(28-2)5-4-6-20(21)29-3/h4-12H,1-3H3,(H,25,27). The molecule has 30 heavy (non-hydrogen) atoms. The lowest BCUT2D eigenvalue weighted by molar-refractivity contribution is 0.102. The van der Waals surface area contributed by atoms with Gasteiger partial charge in [0.25, 0.3) is 5.91 Å². The van der Waals surface area contributed by atoms with Crippen molar-refractivity contribution in [3.63, 3.8) is 0 Å². The van der Waals surface area contributed by atoms with Crippen molar-refractivity contribution in [2.75, 3.05) is 19.5 Å². The van der Waals surface area contributed by atoms with Gasteiger partial charge >= 0.3 is 0 Å². The van der Waals surface area contributed by atoms with Crippen molar-refractivity contribution in [1.29, 1.82) is 0 Å². The molecular formula is C23H19ClN2O4. The second kappa shape index (κ2) is 8.08. The Morgan fingerprint density at radius 2 is 1.77 bits per heavy atom. The molecule has 152 valence electrons. The number of anilines is 1. The number of oxazole rings is 1. The molecule has 0 aliphatic heterocycles. The highest BCUT2D eigenvalue weighted by molar-refractivity contribution is 6.33. The summed E-state index contributed by atoms with van der Waals surface area (Å²) in [5.74, 6) is 0.912. The zero-order valence-corrected chi connectivity index (χ0v) is 17.4. The highest BCUT2D eigenvalue weighted by atomic mass is 35.5. The van der Waals surface area contributed by atoms with Crippen LogP contribution in [0.25, 0.3) is 22.6 Å². The topological polar surface area (TPSA) is 73.6 Å². The van der Waals surface area contributed by atoms with Gasteiger partial charge in [-0.2, -0.15) is 0 Å². The van der Waals surface area contributed by atoms with E-state index in [1.54, 1.807) is 36.4 Å². The molecule has 1 amide bonds. The SMILES string of the molecule is COc1cccc(OC)c1C(=O)Nc1ccc2oc(-c3ccc(C)cc3Cl)nc2c1. The first kappa shape index (κ1) is 19.8. The van der Waals surface area contributed by atoms with E-state index in [0.717, 1.165) is 5.56 Å². The largest absolute Gasteiger partial charge is 0.496 e. The molecule has 0 atom stereocenters. The van der Waals surface area contributed by atoms with E-state index in [2.05, 4.69) is 10.3 Å². The fourth-order valence-corrected chi connectivity index (χ4v) is 3.50. The number of fused-ring (bicyclic) bond motifs is 1. The van der Waals surface area contributed by atoms with E-state index in [9.17, 15) is 4.79 Å². The molecule has 0 fully saturated rings. The van der Waals surface area contributed by atoms with Crippen molar-refractivity contribution in [3.8, 4) is 23.0 Å². The van der Waals surface area contributed by atoms with E-state index in [-0.39, 0.29) is 5.91 Å². The first-order valence-electron chi connectivity index (χ1n) is 9.19. The van der Waals surface area contributed by atoms with Gasteiger partial charge in [0, 0.05) is 5.69 Å². The zero-order valence-electron chi connectivity index (χ0n) is 16.7. The number of aromatic nitrogens is 1. The van der Waals surface area contributed by atoms with E-state index in [0.29, 0.717) is 50.3 Å². The number of carbonyl (C=O) groups excluding carboxylic acids is 1. The normalized spacial score (nSPS) is 10.8. The van der Waals surface area contributed by atoms with Gasteiger partial charge in [-0.1, -0.05) is 23.7 Å². The average molecular weight is 423 g/mol. The van der Waals surface area contributed by atoms with Crippen LogP contribution in [0.15, 0.2) is 59.0 Å². The highest BCUT2D eigenvalue weighted by Crippen LogP contribution is 2.32. The van der Waals surface area contributed by atoms with E-state index in [4.69, 9.17) is 25.5 Å². The molecule has 1 N–H and O–H groups in total.